The molecule has 4 N–H and O–H groups in total. The highest BCUT2D eigenvalue weighted by Crippen LogP contribution is 2.23. The lowest BCUT2D eigenvalue weighted by Crippen LogP contribution is -2.39. The third kappa shape index (κ3) is 15.2. The van der Waals surface area contributed by atoms with Gasteiger partial charge >= 0.3 is 11.9 Å². The van der Waals surface area contributed by atoms with Crippen LogP contribution in [0, 0.1) is 25.6 Å². The smallest absolute Gasteiger partial charge is 0.325 e. The summed E-state index contributed by atoms with van der Waals surface area (Å²) in [6.45, 7) is 11.2. The average Bonchev–Trinajstić information content (AvgIpc) is 3.05. The molecule has 51 heavy (non-hydrogen) atoms. The number of aliphatic hydroxyl groups is 1. The summed E-state index contributed by atoms with van der Waals surface area (Å²) in [6.07, 6.45) is -1.33. The van der Waals surface area contributed by atoms with Gasteiger partial charge in [-0.2, -0.15) is 0 Å². The van der Waals surface area contributed by atoms with Crippen molar-refractivity contribution in [3.63, 3.8) is 0 Å². The number of carbonyl (C=O) groups excluding carboxylic acids is 4. The van der Waals surface area contributed by atoms with Gasteiger partial charge in [0.2, 0.25) is 5.91 Å². The standard InChI is InChI=1S/C35H51FN4O11/c1-21(2)27(19-41)50-31(51-35(5,6)7)20-48-29(43)11-9-10-28(42)37-18-30(44)47-14-15-49-39-33(45)24-17-23(4)34(46)40(8)32(24)38-26-13-12-22(3)16-25(26)36/h12-13,16-17,21,27,31,38,41H,9-11,14-15,18-20H2,1-8H3,(H,37,42)(H,39,45). The number of aryl methyl sites for hydroxylation is 2. The van der Waals surface area contributed by atoms with Gasteiger partial charge in [-0.25, -0.2) is 9.87 Å². The number of pyridine rings is 1. The van der Waals surface area contributed by atoms with Gasteiger partial charge in [0.15, 0.2) is 6.29 Å². The van der Waals surface area contributed by atoms with Crippen molar-refractivity contribution in [2.45, 2.75) is 85.7 Å². The van der Waals surface area contributed by atoms with Gasteiger partial charge in [-0.1, -0.05) is 19.9 Å². The van der Waals surface area contributed by atoms with Gasteiger partial charge in [0, 0.05) is 25.5 Å². The number of hydrogen-bond donors (Lipinski definition) is 4. The van der Waals surface area contributed by atoms with Crippen molar-refractivity contribution < 1.29 is 52.5 Å². The van der Waals surface area contributed by atoms with Crippen LogP contribution < -0.4 is 21.7 Å². The lowest BCUT2D eigenvalue weighted by atomic mass is 10.1. The van der Waals surface area contributed by atoms with Crippen molar-refractivity contribution in [3.8, 4) is 0 Å². The molecule has 16 heteroatoms. The number of nitrogens with zero attached hydrogens (tertiary/aromatic N) is 1. The van der Waals surface area contributed by atoms with Crippen molar-refractivity contribution >= 4 is 35.3 Å². The normalized spacial score (nSPS) is 12.6. The topological polar surface area (TPSA) is 193 Å². The zero-order valence-electron chi connectivity index (χ0n) is 30.6. The molecule has 0 saturated carbocycles. The largest absolute Gasteiger partial charge is 0.462 e. The summed E-state index contributed by atoms with van der Waals surface area (Å²) in [4.78, 5) is 67.0. The average molecular weight is 723 g/mol. The van der Waals surface area contributed by atoms with Crippen molar-refractivity contribution in [3.05, 3.63) is 57.1 Å². The van der Waals surface area contributed by atoms with Crippen LogP contribution in [0.1, 0.15) is 75.4 Å². The van der Waals surface area contributed by atoms with Gasteiger partial charge in [-0.05, 0) is 70.7 Å². The molecule has 284 valence electrons. The van der Waals surface area contributed by atoms with Crippen LogP contribution in [0.25, 0.3) is 0 Å². The van der Waals surface area contributed by atoms with Crippen LogP contribution in [0.4, 0.5) is 15.9 Å². The Balaban J connectivity index is 1.72. The number of hydrogen-bond acceptors (Lipinski definition) is 12. The minimum Gasteiger partial charge on any atom is -0.462 e. The van der Waals surface area contributed by atoms with E-state index in [1.807, 2.05) is 34.6 Å². The molecule has 2 aromatic rings. The minimum absolute atomic E-state index is 0.00753. The van der Waals surface area contributed by atoms with Crippen molar-refractivity contribution in [1.29, 1.82) is 0 Å². The molecule has 15 nitrogen and oxygen atoms in total. The molecule has 0 spiro atoms. The van der Waals surface area contributed by atoms with Gasteiger partial charge in [0.1, 0.15) is 38.0 Å². The maximum atomic E-state index is 14.5. The number of halogens is 1. The monoisotopic (exact) mass is 722 g/mol. The van der Waals surface area contributed by atoms with Gasteiger partial charge in [0.05, 0.1) is 29.6 Å². The van der Waals surface area contributed by atoms with Crippen LogP contribution in [0.2, 0.25) is 0 Å². The first-order valence-corrected chi connectivity index (χ1v) is 16.6. The summed E-state index contributed by atoms with van der Waals surface area (Å²) in [5.74, 6) is -3.06. The predicted octanol–water partition coefficient (Wildman–Crippen LogP) is 3.09. The van der Waals surface area contributed by atoms with Crippen LogP contribution in [0.5, 0.6) is 0 Å². The summed E-state index contributed by atoms with van der Waals surface area (Å²) < 4.78 is 37.5. The van der Waals surface area contributed by atoms with Crippen molar-refractivity contribution in [2.75, 3.05) is 38.3 Å². The van der Waals surface area contributed by atoms with E-state index in [1.165, 1.54) is 36.7 Å². The highest BCUT2D eigenvalue weighted by molar-refractivity contribution is 5.99. The molecular formula is C35H51FN4O11. The molecule has 1 heterocycles. The number of ether oxygens (including phenoxy) is 4. The Morgan fingerprint density at radius 3 is 2.33 bits per heavy atom. The van der Waals surface area contributed by atoms with E-state index in [-0.39, 0.29) is 79.8 Å². The van der Waals surface area contributed by atoms with Gasteiger partial charge < -0.3 is 34.7 Å². The lowest BCUT2D eigenvalue weighted by molar-refractivity contribution is -0.243. The summed E-state index contributed by atoms with van der Waals surface area (Å²) in [5.41, 5.74) is 2.27. The van der Waals surface area contributed by atoms with E-state index in [0.29, 0.717) is 5.56 Å². The highest BCUT2D eigenvalue weighted by Gasteiger charge is 2.26. The zero-order valence-corrected chi connectivity index (χ0v) is 30.6. The molecule has 0 fully saturated rings. The summed E-state index contributed by atoms with van der Waals surface area (Å²) in [6, 6.07) is 5.82. The quantitative estimate of drug-likeness (QED) is 0.0677. The fraction of sp³-hybridized carbons (Fsp3) is 0.571. The van der Waals surface area contributed by atoms with Gasteiger partial charge in [-0.15, -0.1) is 0 Å². The molecule has 2 rings (SSSR count). The second kappa shape index (κ2) is 20.5. The maximum absolute atomic E-state index is 14.5. The van der Waals surface area contributed by atoms with E-state index in [2.05, 4.69) is 16.1 Å². The van der Waals surface area contributed by atoms with E-state index >= 15 is 0 Å². The number of hydroxylamine groups is 1. The van der Waals surface area contributed by atoms with E-state index in [1.54, 1.807) is 13.0 Å². The number of aromatic nitrogens is 1. The molecule has 2 unspecified atom stereocenters. The SMILES string of the molecule is Cc1ccc(Nc2c(C(=O)NOCCOC(=O)CNC(=O)CCCC(=O)OCC(OC(CO)C(C)C)OC(C)(C)C)cc(C)c(=O)n2C)c(F)c1. The van der Waals surface area contributed by atoms with E-state index in [4.69, 9.17) is 23.8 Å². The Bertz CT molecular complexity index is 1560. The molecule has 1 aromatic carbocycles. The Morgan fingerprint density at radius 1 is 1.00 bits per heavy atom. The third-order valence-corrected chi connectivity index (χ3v) is 7.16. The van der Waals surface area contributed by atoms with E-state index in [0.717, 1.165) is 0 Å². The van der Waals surface area contributed by atoms with Gasteiger partial charge in [0.25, 0.3) is 11.5 Å². The number of amides is 2. The zero-order chi connectivity index (χ0) is 38.3. The van der Waals surface area contributed by atoms with E-state index in [9.17, 15) is 33.5 Å². The van der Waals surface area contributed by atoms with Crippen molar-refractivity contribution in [1.82, 2.24) is 15.4 Å². The second-order valence-corrected chi connectivity index (χ2v) is 13.1. The van der Waals surface area contributed by atoms with E-state index < -0.39 is 54.1 Å². The highest BCUT2D eigenvalue weighted by atomic mass is 19.1. The Hall–Kier alpha value is -4.38. The number of esters is 2. The number of rotatable bonds is 20. The lowest BCUT2D eigenvalue weighted by Gasteiger charge is -2.31. The van der Waals surface area contributed by atoms with Crippen molar-refractivity contribution in [2.24, 2.45) is 13.0 Å². The summed E-state index contributed by atoms with van der Waals surface area (Å²) >= 11 is 0. The minimum atomic E-state index is -0.888. The molecule has 0 bridgehead atoms. The molecule has 0 radical (unpaired) electrons. The predicted molar refractivity (Wildman–Crippen MR) is 184 cm³/mol. The molecule has 0 aliphatic carbocycles. The Morgan fingerprint density at radius 2 is 1.71 bits per heavy atom. The number of carbonyl (C=O) groups is 4. The first-order valence-electron chi connectivity index (χ1n) is 16.6. The molecule has 2 atom stereocenters. The third-order valence-electron chi connectivity index (χ3n) is 7.16. The van der Waals surface area contributed by atoms with Crippen LogP contribution in [0.15, 0.2) is 29.1 Å². The van der Waals surface area contributed by atoms with Crippen LogP contribution in [-0.4, -0.2) is 84.4 Å². The van der Waals surface area contributed by atoms with Crippen LogP contribution in [-0.2, 0) is 45.2 Å². The number of nitrogens with one attached hydrogen (secondary N) is 3. The first-order chi connectivity index (χ1) is 23.9. The molecular weight excluding hydrogens is 671 g/mol. The van der Waals surface area contributed by atoms with Crippen LogP contribution in [0.3, 0.4) is 0 Å². The summed E-state index contributed by atoms with van der Waals surface area (Å²) in [7, 11) is 1.44. The number of aliphatic hydroxyl groups excluding tert-OH is 1. The molecule has 0 saturated heterocycles. The Kier molecular flexibility index (Phi) is 17.2. The summed E-state index contributed by atoms with van der Waals surface area (Å²) in [5, 5.41) is 14.8. The number of benzene rings is 1. The molecule has 1 aromatic heterocycles. The fourth-order valence-electron chi connectivity index (χ4n) is 4.47. The molecule has 0 aliphatic heterocycles. The van der Waals surface area contributed by atoms with Gasteiger partial charge in [-0.3, -0.25) is 33.4 Å². The first kappa shape index (κ1) is 42.8. The molecule has 0 aliphatic rings. The number of anilines is 2. The van der Waals surface area contributed by atoms with Crippen LogP contribution >= 0.6 is 0 Å². The fourth-order valence-corrected chi connectivity index (χ4v) is 4.47. The molecule has 2 amide bonds. The Labute approximate surface area is 297 Å². The maximum Gasteiger partial charge on any atom is 0.325 e. The second-order valence-electron chi connectivity index (χ2n) is 13.1.